The van der Waals surface area contributed by atoms with E-state index in [0.29, 0.717) is 41.1 Å². The van der Waals surface area contributed by atoms with Gasteiger partial charge >= 0.3 is 0 Å². The largest absolute Gasteiger partial charge is 0.392 e. The number of aliphatic hydroxyl groups excluding tert-OH is 2. The van der Waals surface area contributed by atoms with Crippen molar-refractivity contribution in [2.75, 3.05) is 31.5 Å². The van der Waals surface area contributed by atoms with Gasteiger partial charge in [0.1, 0.15) is 5.52 Å². The summed E-state index contributed by atoms with van der Waals surface area (Å²) in [5.74, 6) is 0.611. The molecular formula is C39H37Cl2N7O2. The first-order valence-electron chi connectivity index (χ1n) is 17.0. The lowest BCUT2D eigenvalue weighted by atomic mass is 9.99. The van der Waals surface area contributed by atoms with Crippen LogP contribution in [0.15, 0.2) is 85.5 Å². The third-order valence-electron chi connectivity index (χ3n) is 9.67. The number of pyridine rings is 4. The van der Waals surface area contributed by atoms with E-state index in [9.17, 15) is 10.2 Å². The zero-order chi connectivity index (χ0) is 34.2. The van der Waals surface area contributed by atoms with Crippen LogP contribution in [0, 0.1) is 0 Å². The number of anilines is 2. The highest BCUT2D eigenvalue weighted by atomic mass is 35.5. The molecular weight excluding hydrogens is 669 g/mol. The van der Waals surface area contributed by atoms with Crippen LogP contribution in [0.2, 0.25) is 10.0 Å². The molecule has 2 aliphatic heterocycles. The van der Waals surface area contributed by atoms with Crippen LogP contribution in [0.1, 0.15) is 35.2 Å². The van der Waals surface area contributed by atoms with E-state index in [2.05, 4.69) is 32.2 Å². The van der Waals surface area contributed by atoms with Crippen LogP contribution in [0.3, 0.4) is 0 Å². The van der Waals surface area contributed by atoms with Crippen molar-refractivity contribution in [3.63, 3.8) is 0 Å². The summed E-state index contributed by atoms with van der Waals surface area (Å²) in [5, 5.41) is 26.4. The minimum absolute atomic E-state index is 0.247. The molecule has 9 nitrogen and oxygen atoms in total. The van der Waals surface area contributed by atoms with Crippen molar-refractivity contribution in [2.24, 2.45) is 0 Å². The topological polar surface area (TPSA) is 111 Å². The van der Waals surface area contributed by atoms with E-state index in [1.54, 1.807) is 6.20 Å². The molecule has 6 heterocycles. The molecule has 0 radical (unpaired) electrons. The number of aromatic nitrogens is 4. The maximum Gasteiger partial charge on any atom is 0.156 e. The second-order valence-corrected chi connectivity index (χ2v) is 14.1. The minimum Gasteiger partial charge on any atom is -0.392 e. The van der Waals surface area contributed by atoms with Crippen molar-refractivity contribution in [3.8, 4) is 11.1 Å². The highest BCUT2D eigenvalue weighted by Gasteiger charge is 2.22. The molecule has 254 valence electrons. The highest BCUT2D eigenvalue weighted by molar-refractivity contribution is 6.38. The van der Waals surface area contributed by atoms with Gasteiger partial charge in [-0.05, 0) is 59.9 Å². The van der Waals surface area contributed by atoms with E-state index in [1.165, 1.54) is 0 Å². The normalized spacial score (nSPS) is 18.4. The second-order valence-electron chi connectivity index (χ2n) is 13.4. The first-order valence-corrected chi connectivity index (χ1v) is 17.7. The van der Waals surface area contributed by atoms with Crippen molar-refractivity contribution >= 4 is 56.5 Å². The Morgan fingerprint density at radius 3 is 1.96 bits per heavy atom. The van der Waals surface area contributed by atoms with Crippen molar-refractivity contribution in [1.82, 2.24) is 29.7 Å². The molecule has 50 heavy (non-hydrogen) atoms. The van der Waals surface area contributed by atoms with Gasteiger partial charge in [0.2, 0.25) is 0 Å². The molecule has 2 aliphatic rings. The Kier molecular flexibility index (Phi) is 9.35. The number of nitrogens with zero attached hydrogens (tertiary/aromatic N) is 6. The van der Waals surface area contributed by atoms with Gasteiger partial charge in [-0.15, -0.1) is 0 Å². The fraction of sp³-hybridized carbons (Fsp3) is 0.282. The summed E-state index contributed by atoms with van der Waals surface area (Å²) in [7, 11) is 0. The molecule has 0 unspecified atom stereocenters. The Bertz CT molecular complexity index is 2040. The van der Waals surface area contributed by atoms with Crippen LogP contribution < -0.4 is 5.32 Å². The molecule has 2 atom stereocenters. The SMILES string of the molecule is O[C@@H]1CCN(Cc2cnc3c(Cc4cccc(-c5cccc(Nc6nccc7cc(CN8CC[C@@H](O)C8)cnc67)c5Cl)c4Cl)nccc3c2)C1. The van der Waals surface area contributed by atoms with Crippen LogP contribution in [0.4, 0.5) is 11.5 Å². The molecule has 2 saturated heterocycles. The van der Waals surface area contributed by atoms with Crippen molar-refractivity contribution in [3.05, 3.63) is 118 Å². The summed E-state index contributed by atoms with van der Waals surface area (Å²) in [5.41, 5.74) is 7.90. The molecule has 4 aromatic heterocycles. The first kappa shape index (κ1) is 33.0. The zero-order valence-electron chi connectivity index (χ0n) is 27.4. The minimum atomic E-state index is -0.254. The third-order valence-corrected chi connectivity index (χ3v) is 10.5. The van der Waals surface area contributed by atoms with E-state index < -0.39 is 0 Å². The van der Waals surface area contributed by atoms with E-state index in [1.807, 2.05) is 67.1 Å². The quantitative estimate of drug-likeness (QED) is 0.146. The fourth-order valence-corrected chi connectivity index (χ4v) is 7.73. The smallest absolute Gasteiger partial charge is 0.156 e. The Morgan fingerprint density at radius 1 is 0.700 bits per heavy atom. The van der Waals surface area contributed by atoms with E-state index in [4.69, 9.17) is 38.2 Å². The van der Waals surface area contributed by atoms with E-state index in [0.717, 1.165) is 94.3 Å². The van der Waals surface area contributed by atoms with Crippen molar-refractivity contribution in [1.29, 1.82) is 0 Å². The average Bonchev–Trinajstić information content (AvgIpc) is 3.73. The molecule has 0 bridgehead atoms. The number of aliphatic hydroxyl groups is 2. The number of fused-ring (bicyclic) bond motifs is 2. The number of likely N-dealkylation sites (tertiary alicyclic amines) is 2. The summed E-state index contributed by atoms with van der Waals surface area (Å²) >= 11 is 14.2. The average molecular weight is 707 g/mol. The van der Waals surface area contributed by atoms with Crippen molar-refractivity contribution < 1.29 is 10.2 Å². The Hall–Kier alpha value is -4.22. The van der Waals surface area contributed by atoms with E-state index >= 15 is 0 Å². The summed E-state index contributed by atoms with van der Waals surface area (Å²) < 4.78 is 0. The maximum absolute atomic E-state index is 9.91. The summed E-state index contributed by atoms with van der Waals surface area (Å²) in [4.78, 5) is 23.4. The summed E-state index contributed by atoms with van der Waals surface area (Å²) in [6.45, 7) is 4.67. The number of hydrogen-bond acceptors (Lipinski definition) is 9. The van der Waals surface area contributed by atoms with Gasteiger partial charge in [-0.3, -0.25) is 24.8 Å². The Morgan fingerprint density at radius 2 is 1.30 bits per heavy atom. The first-order chi connectivity index (χ1) is 24.4. The molecule has 0 amide bonds. The zero-order valence-corrected chi connectivity index (χ0v) is 28.9. The number of β-amino-alcohol motifs (C(OH)–C–C–N with tert-alkyl or cyclic N) is 2. The standard InChI is InChI=1S/C39H37Cl2N7O2/c40-35-26(17-34-37-27(7-11-42-34)15-24(18-44-37)20-47-13-9-29(49)22-47)3-1-4-31(35)32-5-2-6-33(36(32)41)46-39-38-28(8-12-43-39)16-25(19-45-38)21-48-14-10-30(50)23-48/h1-8,11-12,15-16,18-19,29-30,49-50H,9-10,13-14,17,20-23H2,(H,43,46)/t29-,30-/m1/s1. The van der Waals surface area contributed by atoms with Crippen LogP contribution in [0.25, 0.3) is 32.9 Å². The summed E-state index contributed by atoms with van der Waals surface area (Å²) in [6.07, 6.45) is 9.01. The predicted octanol–water partition coefficient (Wildman–Crippen LogP) is 7.01. The Balaban J connectivity index is 1.03. The van der Waals surface area contributed by atoms with Gasteiger partial charge in [-0.2, -0.15) is 0 Å². The number of rotatable bonds is 9. The van der Waals surface area contributed by atoms with Gasteiger partial charge in [0.15, 0.2) is 5.82 Å². The highest BCUT2D eigenvalue weighted by Crippen LogP contribution is 2.40. The van der Waals surface area contributed by atoms with Gasteiger partial charge in [-0.1, -0.05) is 53.5 Å². The second kappa shape index (κ2) is 14.2. The molecule has 0 saturated carbocycles. The van der Waals surface area contributed by atoms with Crippen LogP contribution in [-0.4, -0.2) is 78.3 Å². The van der Waals surface area contributed by atoms with Crippen LogP contribution >= 0.6 is 23.2 Å². The number of nitrogens with one attached hydrogen (secondary N) is 1. The van der Waals surface area contributed by atoms with Gasteiger partial charge in [-0.25, -0.2) is 4.98 Å². The van der Waals surface area contributed by atoms with Gasteiger partial charge in [0.25, 0.3) is 0 Å². The molecule has 8 rings (SSSR count). The lowest BCUT2D eigenvalue weighted by Gasteiger charge is -2.16. The Labute approximate surface area is 300 Å². The van der Waals surface area contributed by atoms with Gasteiger partial charge in [0.05, 0.1) is 39.2 Å². The van der Waals surface area contributed by atoms with E-state index in [-0.39, 0.29) is 12.2 Å². The third kappa shape index (κ3) is 6.90. The number of benzene rings is 2. The molecule has 11 heteroatoms. The summed E-state index contributed by atoms with van der Waals surface area (Å²) in [6, 6.07) is 20.1. The van der Waals surface area contributed by atoms with Crippen molar-refractivity contribution in [2.45, 2.75) is 44.6 Å². The van der Waals surface area contributed by atoms with Crippen LogP contribution in [-0.2, 0) is 19.5 Å². The lowest BCUT2D eigenvalue weighted by Crippen LogP contribution is -2.21. The maximum atomic E-state index is 9.91. The lowest BCUT2D eigenvalue weighted by molar-refractivity contribution is 0.174. The molecule has 6 aromatic rings. The van der Waals surface area contributed by atoms with Gasteiger partial charge < -0.3 is 15.5 Å². The molecule has 2 aromatic carbocycles. The molecule has 3 N–H and O–H groups in total. The van der Waals surface area contributed by atoms with Crippen LogP contribution in [0.5, 0.6) is 0 Å². The predicted molar refractivity (Wildman–Crippen MR) is 199 cm³/mol. The molecule has 0 spiro atoms. The monoisotopic (exact) mass is 705 g/mol. The molecule has 2 fully saturated rings. The molecule has 0 aliphatic carbocycles. The van der Waals surface area contributed by atoms with Gasteiger partial charge in [0, 0.05) is 92.4 Å². The number of hydrogen-bond donors (Lipinski definition) is 3. The fourth-order valence-electron chi connectivity index (χ4n) is 7.16. The number of halogens is 2.